The zero-order valence-corrected chi connectivity index (χ0v) is 7.22. The van der Waals surface area contributed by atoms with Gasteiger partial charge in [-0.15, -0.1) is 0 Å². The molecule has 0 unspecified atom stereocenters. The summed E-state index contributed by atoms with van der Waals surface area (Å²) in [4.78, 5) is 0. The Morgan fingerprint density at radius 1 is 0.900 bits per heavy atom. The molecule has 1 radical (unpaired) electrons. The fraction of sp³-hybridized carbons (Fsp3) is 0.857. The van der Waals surface area contributed by atoms with Crippen molar-refractivity contribution >= 4 is 0 Å². The van der Waals surface area contributed by atoms with E-state index in [4.69, 9.17) is 14.2 Å². The van der Waals surface area contributed by atoms with Gasteiger partial charge in [-0.05, 0) is 0 Å². The Bertz CT molecular complexity index is 78.6. The molecule has 0 aromatic rings. The van der Waals surface area contributed by atoms with E-state index in [1.807, 2.05) is 13.8 Å². The molecule has 0 aliphatic rings. The highest BCUT2D eigenvalue weighted by molar-refractivity contribution is 4.89. The first-order valence-electron chi connectivity index (χ1n) is 3.09. The van der Waals surface area contributed by atoms with Crippen LogP contribution < -0.4 is 0 Å². The molecule has 0 aromatic carbocycles. The Kier molecular flexibility index (Phi) is 3.86. The van der Waals surface area contributed by atoms with Gasteiger partial charge in [0.15, 0.2) is 0 Å². The summed E-state index contributed by atoms with van der Waals surface area (Å²) in [5, 5.41) is 0. The summed E-state index contributed by atoms with van der Waals surface area (Å²) < 4.78 is 15.0. The van der Waals surface area contributed by atoms with Gasteiger partial charge in [0.05, 0.1) is 5.92 Å². The van der Waals surface area contributed by atoms with Crippen LogP contribution in [0.1, 0.15) is 13.8 Å². The lowest BCUT2D eigenvalue weighted by Gasteiger charge is -2.31. The van der Waals surface area contributed by atoms with Gasteiger partial charge >= 0.3 is 0 Å². The molecule has 0 saturated carbocycles. The van der Waals surface area contributed by atoms with Crippen LogP contribution in [0.4, 0.5) is 0 Å². The zero-order chi connectivity index (χ0) is 8.20. The minimum absolute atomic E-state index is 0.931. The second kappa shape index (κ2) is 3.91. The second-order valence-electron chi connectivity index (χ2n) is 2.17. The Labute approximate surface area is 62.3 Å². The monoisotopic (exact) mass is 147 g/mol. The molecular weight excluding hydrogens is 132 g/mol. The first-order chi connectivity index (χ1) is 4.63. The molecule has 10 heavy (non-hydrogen) atoms. The molecule has 0 atom stereocenters. The van der Waals surface area contributed by atoms with E-state index in [9.17, 15) is 0 Å². The molecule has 0 aliphatic heterocycles. The van der Waals surface area contributed by atoms with E-state index >= 15 is 0 Å². The highest BCUT2D eigenvalue weighted by Crippen LogP contribution is 2.23. The average Bonchev–Trinajstić information content (AvgIpc) is 1.92. The van der Waals surface area contributed by atoms with Gasteiger partial charge in [0, 0.05) is 21.3 Å². The summed E-state index contributed by atoms with van der Waals surface area (Å²) in [6, 6.07) is 0. The number of methoxy groups -OCH3 is 3. The minimum atomic E-state index is -0.958. The Balaban J connectivity index is 4.15. The molecule has 0 heterocycles. The molecule has 3 nitrogen and oxygen atoms in total. The van der Waals surface area contributed by atoms with Crippen LogP contribution >= 0.6 is 0 Å². The van der Waals surface area contributed by atoms with Crippen molar-refractivity contribution in [3.63, 3.8) is 0 Å². The summed E-state index contributed by atoms with van der Waals surface area (Å²) in [5.41, 5.74) is 0. The van der Waals surface area contributed by atoms with Gasteiger partial charge in [-0.3, -0.25) is 0 Å². The maximum absolute atomic E-state index is 5.02. The van der Waals surface area contributed by atoms with Crippen LogP contribution in [-0.2, 0) is 14.2 Å². The van der Waals surface area contributed by atoms with E-state index in [1.54, 1.807) is 21.3 Å². The molecule has 0 amide bonds. The molecule has 0 aliphatic carbocycles. The minimum Gasteiger partial charge on any atom is -0.330 e. The van der Waals surface area contributed by atoms with Crippen molar-refractivity contribution in [1.29, 1.82) is 0 Å². The summed E-state index contributed by atoms with van der Waals surface area (Å²) >= 11 is 0. The molecule has 3 heteroatoms. The van der Waals surface area contributed by atoms with Crippen LogP contribution in [-0.4, -0.2) is 27.3 Å². The molecule has 0 spiro atoms. The van der Waals surface area contributed by atoms with Crippen molar-refractivity contribution in [3.05, 3.63) is 5.92 Å². The maximum atomic E-state index is 5.02. The smallest absolute Gasteiger partial charge is 0.288 e. The third kappa shape index (κ3) is 1.68. The van der Waals surface area contributed by atoms with Crippen LogP contribution in [0.15, 0.2) is 0 Å². The highest BCUT2D eigenvalue weighted by atomic mass is 16.9. The summed E-state index contributed by atoms with van der Waals surface area (Å²) in [5.74, 6) is -0.0278. The number of rotatable bonds is 4. The van der Waals surface area contributed by atoms with E-state index in [0.29, 0.717) is 0 Å². The molecular formula is C7H15O3. The maximum Gasteiger partial charge on any atom is 0.288 e. The molecule has 61 valence electrons. The Morgan fingerprint density at radius 3 is 1.20 bits per heavy atom. The van der Waals surface area contributed by atoms with Crippen LogP contribution in [0, 0.1) is 5.92 Å². The van der Waals surface area contributed by atoms with Crippen molar-refractivity contribution in [2.45, 2.75) is 19.8 Å². The predicted octanol–water partition coefficient (Wildman–Crippen LogP) is 1.19. The topological polar surface area (TPSA) is 27.7 Å². The van der Waals surface area contributed by atoms with Crippen molar-refractivity contribution in [2.24, 2.45) is 0 Å². The fourth-order valence-electron chi connectivity index (χ4n) is 0.862. The van der Waals surface area contributed by atoms with Crippen LogP contribution in [0.2, 0.25) is 0 Å². The van der Waals surface area contributed by atoms with Gasteiger partial charge in [0.2, 0.25) is 0 Å². The third-order valence-electron chi connectivity index (χ3n) is 1.42. The van der Waals surface area contributed by atoms with Gasteiger partial charge in [0.1, 0.15) is 0 Å². The standard InChI is InChI=1S/C7H15O3/c1-6(2)7(8-3,9-4)10-5/h1-5H3. The van der Waals surface area contributed by atoms with Gasteiger partial charge in [0.25, 0.3) is 5.97 Å². The molecule has 0 saturated heterocycles. The largest absolute Gasteiger partial charge is 0.330 e. The van der Waals surface area contributed by atoms with Crippen LogP contribution in [0.3, 0.4) is 0 Å². The lowest BCUT2D eigenvalue weighted by Crippen LogP contribution is -2.40. The van der Waals surface area contributed by atoms with Crippen molar-refractivity contribution in [3.8, 4) is 0 Å². The number of ether oxygens (including phenoxy) is 3. The average molecular weight is 147 g/mol. The first kappa shape index (κ1) is 9.88. The van der Waals surface area contributed by atoms with E-state index in [0.717, 1.165) is 5.92 Å². The number of hydrogen-bond acceptors (Lipinski definition) is 3. The normalized spacial score (nSPS) is 12.6. The highest BCUT2D eigenvalue weighted by Gasteiger charge is 2.34. The SMILES string of the molecule is COC(OC)(OC)[C](C)C. The predicted molar refractivity (Wildman–Crippen MR) is 38.3 cm³/mol. The first-order valence-corrected chi connectivity index (χ1v) is 3.09. The van der Waals surface area contributed by atoms with Crippen LogP contribution in [0.25, 0.3) is 0 Å². The fourth-order valence-corrected chi connectivity index (χ4v) is 0.862. The van der Waals surface area contributed by atoms with Crippen molar-refractivity contribution < 1.29 is 14.2 Å². The van der Waals surface area contributed by atoms with Gasteiger partial charge in [-0.1, -0.05) is 13.8 Å². The summed E-state index contributed by atoms with van der Waals surface area (Å²) in [7, 11) is 4.62. The van der Waals surface area contributed by atoms with E-state index in [2.05, 4.69) is 0 Å². The molecule has 0 N–H and O–H groups in total. The van der Waals surface area contributed by atoms with Crippen molar-refractivity contribution in [2.75, 3.05) is 21.3 Å². The summed E-state index contributed by atoms with van der Waals surface area (Å²) in [6.45, 7) is 3.77. The lowest BCUT2D eigenvalue weighted by atomic mass is 10.2. The molecule has 0 bridgehead atoms. The van der Waals surface area contributed by atoms with Gasteiger partial charge < -0.3 is 14.2 Å². The second-order valence-corrected chi connectivity index (χ2v) is 2.17. The molecule has 0 aromatic heterocycles. The quantitative estimate of drug-likeness (QED) is 0.559. The third-order valence-corrected chi connectivity index (χ3v) is 1.42. The Hall–Kier alpha value is -0.120. The zero-order valence-electron chi connectivity index (χ0n) is 7.22. The van der Waals surface area contributed by atoms with E-state index in [-0.39, 0.29) is 0 Å². The Morgan fingerprint density at radius 2 is 1.20 bits per heavy atom. The lowest BCUT2D eigenvalue weighted by molar-refractivity contribution is -0.339. The molecule has 0 rings (SSSR count). The van der Waals surface area contributed by atoms with Crippen molar-refractivity contribution in [1.82, 2.24) is 0 Å². The van der Waals surface area contributed by atoms with E-state index in [1.165, 1.54) is 0 Å². The number of hydrogen-bond donors (Lipinski definition) is 0. The van der Waals surface area contributed by atoms with Gasteiger partial charge in [-0.25, -0.2) is 0 Å². The summed E-state index contributed by atoms with van der Waals surface area (Å²) in [6.07, 6.45) is 0. The van der Waals surface area contributed by atoms with E-state index < -0.39 is 5.97 Å². The molecule has 0 fully saturated rings. The van der Waals surface area contributed by atoms with Crippen LogP contribution in [0.5, 0.6) is 0 Å². The van der Waals surface area contributed by atoms with Gasteiger partial charge in [-0.2, -0.15) is 0 Å².